The highest BCUT2D eigenvalue weighted by Crippen LogP contribution is 2.15. The summed E-state index contributed by atoms with van der Waals surface area (Å²) in [6.45, 7) is 6.43. The maximum Gasteiger partial charge on any atom is 0.306 e. The maximum absolute atomic E-state index is 12.7. The second-order valence-electron chi connectivity index (χ2n) is 15.5. The van der Waals surface area contributed by atoms with Crippen molar-refractivity contribution in [3.05, 3.63) is 72.9 Å². The predicted octanol–water partition coefficient (Wildman–Crippen LogP) is 15.1. The van der Waals surface area contributed by atoms with Crippen molar-refractivity contribution in [2.24, 2.45) is 0 Å². The number of carbonyl (C=O) groups excluding carboxylic acids is 3. The first kappa shape index (κ1) is 53.9. The molecule has 0 saturated carbocycles. The van der Waals surface area contributed by atoms with Crippen LogP contribution in [0.1, 0.15) is 213 Å². The second-order valence-corrected chi connectivity index (χ2v) is 15.5. The summed E-state index contributed by atoms with van der Waals surface area (Å²) in [4.78, 5) is 37.8. The summed E-state index contributed by atoms with van der Waals surface area (Å²) < 4.78 is 16.7. The highest BCUT2D eigenvalue weighted by molar-refractivity contribution is 5.71. The minimum Gasteiger partial charge on any atom is -0.462 e. The van der Waals surface area contributed by atoms with Gasteiger partial charge in [0.1, 0.15) is 13.2 Å². The molecular formula is C51H86O6. The third-order valence-corrected chi connectivity index (χ3v) is 9.89. The minimum absolute atomic E-state index is 0.0877. The summed E-state index contributed by atoms with van der Waals surface area (Å²) >= 11 is 0. The molecule has 0 bridgehead atoms. The zero-order valence-electron chi connectivity index (χ0n) is 37.1. The van der Waals surface area contributed by atoms with Crippen molar-refractivity contribution in [2.45, 2.75) is 219 Å². The second kappa shape index (κ2) is 45.6. The fraction of sp³-hybridized carbons (Fsp3) is 0.706. The Hall–Kier alpha value is -3.15. The number of hydrogen-bond donors (Lipinski definition) is 0. The van der Waals surface area contributed by atoms with Crippen molar-refractivity contribution in [2.75, 3.05) is 13.2 Å². The van der Waals surface area contributed by atoms with Gasteiger partial charge in [-0.15, -0.1) is 0 Å². The molecule has 0 aliphatic carbocycles. The monoisotopic (exact) mass is 795 g/mol. The van der Waals surface area contributed by atoms with Crippen molar-refractivity contribution < 1.29 is 28.6 Å². The van der Waals surface area contributed by atoms with E-state index in [0.29, 0.717) is 19.3 Å². The third-order valence-electron chi connectivity index (χ3n) is 9.89. The molecule has 0 saturated heterocycles. The van der Waals surface area contributed by atoms with Gasteiger partial charge in [-0.3, -0.25) is 14.4 Å². The van der Waals surface area contributed by atoms with Crippen LogP contribution in [0.5, 0.6) is 0 Å². The molecule has 326 valence electrons. The summed E-state index contributed by atoms with van der Waals surface area (Å²) in [7, 11) is 0. The molecule has 0 spiro atoms. The van der Waals surface area contributed by atoms with Gasteiger partial charge in [0.05, 0.1) is 0 Å². The topological polar surface area (TPSA) is 78.9 Å². The van der Waals surface area contributed by atoms with Crippen LogP contribution in [-0.4, -0.2) is 37.2 Å². The Kier molecular flexibility index (Phi) is 43.0. The van der Waals surface area contributed by atoms with Crippen molar-refractivity contribution in [1.29, 1.82) is 0 Å². The molecule has 1 atom stereocenters. The Labute approximate surface area is 351 Å². The number of esters is 3. The summed E-state index contributed by atoms with van der Waals surface area (Å²) in [6.07, 6.45) is 55.9. The number of allylic oxidation sites excluding steroid dienone is 12. The molecule has 0 aliphatic rings. The van der Waals surface area contributed by atoms with E-state index in [1.54, 1.807) is 0 Å². The van der Waals surface area contributed by atoms with E-state index in [0.717, 1.165) is 70.6 Å². The average Bonchev–Trinajstić information content (AvgIpc) is 3.21. The number of hydrogen-bond acceptors (Lipinski definition) is 6. The Balaban J connectivity index is 4.46. The molecule has 0 rings (SSSR count). The van der Waals surface area contributed by atoms with Gasteiger partial charge in [0, 0.05) is 19.3 Å². The van der Waals surface area contributed by atoms with E-state index >= 15 is 0 Å². The van der Waals surface area contributed by atoms with Gasteiger partial charge in [-0.2, -0.15) is 0 Å². The lowest BCUT2D eigenvalue weighted by Gasteiger charge is -2.18. The minimum atomic E-state index is -0.788. The normalized spacial score (nSPS) is 12.7. The molecule has 1 unspecified atom stereocenters. The van der Waals surface area contributed by atoms with Crippen LogP contribution in [0.25, 0.3) is 0 Å². The van der Waals surface area contributed by atoms with E-state index in [-0.39, 0.29) is 31.1 Å². The maximum atomic E-state index is 12.7. The SMILES string of the molecule is CC\C=C/C=C\C=C/C=C\C=C\C=C/CCCCCC(=O)OCC(COC(=O)CCCCCCCCCCCC)OC(=O)CCCCCCCCCCCCCC. The molecule has 0 aromatic rings. The number of unbranched alkanes of at least 4 members (excludes halogenated alkanes) is 23. The van der Waals surface area contributed by atoms with Gasteiger partial charge in [-0.1, -0.05) is 229 Å². The van der Waals surface area contributed by atoms with Gasteiger partial charge < -0.3 is 14.2 Å². The highest BCUT2D eigenvalue weighted by Gasteiger charge is 2.19. The molecule has 0 aromatic carbocycles. The van der Waals surface area contributed by atoms with Crippen LogP contribution in [0.4, 0.5) is 0 Å². The van der Waals surface area contributed by atoms with Crippen LogP contribution >= 0.6 is 0 Å². The first-order chi connectivity index (χ1) is 28.0. The third kappa shape index (κ3) is 43.8. The van der Waals surface area contributed by atoms with Crippen molar-refractivity contribution in [1.82, 2.24) is 0 Å². The fourth-order valence-electron chi connectivity index (χ4n) is 6.36. The molecule has 0 aliphatic heterocycles. The summed E-state index contributed by atoms with van der Waals surface area (Å²) in [5, 5.41) is 0. The molecule has 0 N–H and O–H groups in total. The van der Waals surface area contributed by atoms with Crippen LogP contribution in [-0.2, 0) is 28.6 Å². The Bertz CT molecular complexity index is 1100. The lowest BCUT2D eigenvalue weighted by molar-refractivity contribution is -0.167. The van der Waals surface area contributed by atoms with Crippen LogP contribution in [0.15, 0.2) is 72.9 Å². The zero-order chi connectivity index (χ0) is 41.5. The Morgan fingerprint density at radius 1 is 0.368 bits per heavy atom. The van der Waals surface area contributed by atoms with Crippen LogP contribution in [0.3, 0.4) is 0 Å². The van der Waals surface area contributed by atoms with Gasteiger partial charge in [-0.05, 0) is 38.5 Å². The smallest absolute Gasteiger partial charge is 0.306 e. The Morgan fingerprint density at radius 3 is 1.07 bits per heavy atom. The van der Waals surface area contributed by atoms with Gasteiger partial charge in [0.2, 0.25) is 0 Å². The number of ether oxygens (including phenoxy) is 3. The van der Waals surface area contributed by atoms with Crippen LogP contribution in [0, 0.1) is 0 Å². The first-order valence-electron chi connectivity index (χ1n) is 23.5. The molecule has 0 aromatic heterocycles. The molecule has 57 heavy (non-hydrogen) atoms. The lowest BCUT2D eigenvalue weighted by atomic mass is 10.0. The van der Waals surface area contributed by atoms with E-state index in [1.165, 1.54) is 103 Å². The van der Waals surface area contributed by atoms with E-state index in [1.807, 2.05) is 60.8 Å². The molecule has 6 nitrogen and oxygen atoms in total. The lowest BCUT2D eigenvalue weighted by Crippen LogP contribution is -2.30. The van der Waals surface area contributed by atoms with Gasteiger partial charge in [0.25, 0.3) is 0 Å². The van der Waals surface area contributed by atoms with E-state index in [4.69, 9.17) is 14.2 Å². The summed E-state index contributed by atoms with van der Waals surface area (Å²) in [6, 6.07) is 0. The van der Waals surface area contributed by atoms with Crippen LogP contribution < -0.4 is 0 Å². The van der Waals surface area contributed by atoms with Gasteiger partial charge >= 0.3 is 17.9 Å². The zero-order valence-corrected chi connectivity index (χ0v) is 37.1. The molecule has 0 amide bonds. The van der Waals surface area contributed by atoms with E-state index in [2.05, 4.69) is 32.9 Å². The van der Waals surface area contributed by atoms with Crippen molar-refractivity contribution in [3.8, 4) is 0 Å². The van der Waals surface area contributed by atoms with Gasteiger partial charge in [0.15, 0.2) is 6.10 Å². The molecular weight excluding hydrogens is 709 g/mol. The average molecular weight is 795 g/mol. The Morgan fingerprint density at radius 2 is 0.684 bits per heavy atom. The van der Waals surface area contributed by atoms with Gasteiger partial charge in [-0.25, -0.2) is 0 Å². The summed E-state index contributed by atoms with van der Waals surface area (Å²) in [5.74, 6) is -0.936. The van der Waals surface area contributed by atoms with E-state index < -0.39 is 6.10 Å². The van der Waals surface area contributed by atoms with E-state index in [9.17, 15) is 14.4 Å². The van der Waals surface area contributed by atoms with Crippen molar-refractivity contribution in [3.63, 3.8) is 0 Å². The van der Waals surface area contributed by atoms with Crippen LogP contribution in [0.2, 0.25) is 0 Å². The van der Waals surface area contributed by atoms with Crippen molar-refractivity contribution >= 4 is 17.9 Å². The first-order valence-corrected chi connectivity index (χ1v) is 23.5. The highest BCUT2D eigenvalue weighted by atomic mass is 16.6. The quantitative estimate of drug-likeness (QED) is 0.0265. The fourth-order valence-corrected chi connectivity index (χ4v) is 6.36. The largest absolute Gasteiger partial charge is 0.462 e. The molecule has 0 radical (unpaired) electrons. The summed E-state index contributed by atoms with van der Waals surface area (Å²) in [5.41, 5.74) is 0. The molecule has 6 heteroatoms. The standard InChI is InChI=1S/C51H86O6/c1-4-7-10-13-16-19-22-24-25-26-27-28-30-32-35-38-41-44-50(53)56-47-48(46-55-49(52)43-40-37-34-31-21-18-15-12-9-6-3)57-51(54)45-42-39-36-33-29-23-20-17-14-11-8-5-2/h7,10,13,16,19,22,24-28,30,48H,4-6,8-9,11-12,14-15,17-18,20-21,23,29,31-47H2,1-3H3/b10-7-,16-13-,22-19-,25-24-,27-26+,30-28-. The predicted molar refractivity (Wildman–Crippen MR) is 242 cm³/mol. The molecule has 0 fully saturated rings. The number of carbonyl (C=O) groups is 3. The molecule has 0 heterocycles. The number of rotatable bonds is 41.